The SMILES string of the molecule is COc1cc2c(Oc3ccc(NC(=O)C4(C(=O)Nc5cccc(Cl)c5)CC4)cc3F)ccnc2cc1OCCC(=O)[O-].[NH4+]. The number of anilines is 2. The number of methoxy groups -OCH3 is 1. The standard InChI is InChI=1S/C30H25ClFN3O7.H3N/c1-40-25-15-20-22(16-26(25)41-12-8-27(36)37)33-11-7-23(20)42-24-6-5-19(14-21(24)32)35-29(39)30(9-10-30)28(38)34-18-4-2-3-17(31)13-18;/h2-7,11,13-16H,8-10,12H2,1H3,(H,34,38)(H,35,39)(H,36,37);1H3. The first kappa shape index (κ1) is 31.0. The quantitative estimate of drug-likeness (QED) is 0.197. The van der Waals surface area contributed by atoms with Gasteiger partial charge in [0.2, 0.25) is 11.8 Å². The smallest absolute Gasteiger partial charge is 0.240 e. The monoisotopic (exact) mass is 610 g/mol. The van der Waals surface area contributed by atoms with E-state index in [2.05, 4.69) is 15.6 Å². The molecule has 0 unspecified atom stereocenters. The number of hydrogen-bond donors (Lipinski definition) is 3. The molecule has 0 saturated heterocycles. The van der Waals surface area contributed by atoms with Crippen LogP contribution in [0.25, 0.3) is 10.9 Å². The number of ether oxygens (including phenoxy) is 3. The summed E-state index contributed by atoms with van der Waals surface area (Å²) in [5.74, 6) is -2.28. The van der Waals surface area contributed by atoms with Gasteiger partial charge >= 0.3 is 0 Å². The molecule has 43 heavy (non-hydrogen) atoms. The van der Waals surface area contributed by atoms with Crippen molar-refractivity contribution in [3.63, 3.8) is 0 Å². The molecule has 0 radical (unpaired) electrons. The topological polar surface area (TPSA) is 175 Å². The summed E-state index contributed by atoms with van der Waals surface area (Å²) in [6.45, 7) is -0.123. The normalized spacial score (nSPS) is 12.9. The van der Waals surface area contributed by atoms with E-state index in [-0.39, 0.29) is 42.1 Å². The number of aromatic nitrogens is 1. The lowest BCUT2D eigenvalue weighted by atomic mass is 10.0. The van der Waals surface area contributed by atoms with Crippen molar-refractivity contribution in [2.24, 2.45) is 5.41 Å². The molecular formula is C30H28ClFN4O7. The lowest BCUT2D eigenvalue weighted by molar-refractivity contribution is -0.306. The van der Waals surface area contributed by atoms with E-state index < -0.39 is 29.0 Å². The van der Waals surface area contributed by atoms with Crippen molar-refractivity contribution in [1.29, 1.82) is 0 Å². The van der Waals surface area contributed by atoms with E-state index in [4.69, 9.17) is 25.8 Å². The summed E-state index contributed by atoms with van der Waals surface area (Å²) in [5.41, 5.74) is -0.186. The Labute approximate surface area is 250 Å². The van der Waals surface area contributed by atoms with Crippen molar-refractivity contribution < 1.29 is 38.1 Å². The molecule has 1 aromatic heterocycles. The highest BCUT2D eigenvalue weighted by atomic mass is 35.5. The number of rotatable bonds is 11. The summed E-state index contributed by atoms with van der Waals surface area (Å²) in [6, 6.07) is 15.2. The second kappa shape index (κ2) is 12.9. The minimum atomic E-state index is -1.25. The van der Waals surface area contributed by atoms with Crippen LogP contribution >= 0.6 is 11.6 Å². The van der Waals surface area contributed by atoms with E-state index in [0.29, 0.717) is 40.2 Å². The molecule has 0 spiro atoms. The molecule has 1 aliphatic rings. The molecule has 224 valence electrons. The Hall–Kier alpha value is -4.94. The fraction of sp³-hybridized carbons (Fsp3) is 0.200. The number of amides is 2. The van der Waals surface area contributed by atoms with Gasteiger partial charge in [0.1, 0.15) is 11.2 Å². The zero-order valence-electron chi connectivity index (χ0n) is 23.2. The molecule has 1 aliphatic carbocycles. The fourth-order valence-electron chi connectivity index (χ4n) is 4.26. The highest BCUT2D eigenvalue weighted by Crippen LogP contribution is 2.48. The first-order chi connectivity index (χ1) is 20.2. The Balaban J connectivity index is 0.00000423. The number of pyridine rings is 1. The number of hydrogen-bond acceptors (Lipinski definition) is 8. The highest BCUT2D eigenvalue weighted by Gasteiger charge is 2.56. The van der Waals surface area contributed by atoms with Gasteiger partial charge in [0.25, 0.3) is 0 Å². The van der Waals surface area contributed by atoms with Crippen LogP contribution in [0.1, 0.15) is 19.3 Å². The van der Waals surface area contributed by atoms with E-state index in [1.807, 2.05) is 0 Å². The number of nitrogens with zero attached hydrogens (tertiary/aromatic N) is 1. The number of carbonyl (C=O) groups excluding carboxylic acids is 3. The molecule has 0 bridgehead atoms. The number of nitrogens with one attached hydrogen (secondary N) is 2. The minimum Gasteiger partial charge on any atom is -0.550 e. The first-order valence-electron chi connectivity index (χ1n) is 12.8. The Morgan fingerprint density at radius 1 is 0.953 bits per heavy atom. The van der Waals surface area contributed by atoms with Gasteiger partial charge in [-0.25, -0.2) is 4.39 Å². The van der Waals surface area contributed by atoms with Crippen LogP contribution in [0.15, 0.2) is 66.9 Å². The first-order valence-corrected chi connectivity index (χ1v) is 13.2. The van der Waals surface area contributed by atoms with Crippen molar-refractivity contribution in [1.82, 2.24) is 11.1 Å². The zero-order valence-corrected chi connectivity index (χ0v) is 24.0. The summed E-state index contributed by atoms with van der Waals surface area (Å²) >= 11 is 5.97. The maximum absolute atomic E-state index is 15.1. The molecule has 2 amide bonds. The van der Waals surface area contributed by atoms with Crippen LogP contribution in [0.4, 0.5) is 15.8 Å². The average molecular weight is 611 g/mol. The minimum absolute atomic E-state index is 0. The van der Waals surface area contributed by atoms with Crippen LogP contribution in [-0.4, -0.2) is 36.5 Å². The van der Waals surface area contributed by atoms with E-state index in [1.165, 1.54) is 25.4 Å². The summed E-state index contributed by atoms with van der Waals surface area (Å²) in [5, 5.41) is 17.0. The van der Waals surface area contributed by atoms with Crippen LogP contribution in [0, 0.1) is 11.2 Å². The third-order valence-corrected chi connectivity index (χ3v) is 6.90. The van der Waals surface area contributed by atoms with Crippen LogP contribution in [0.3, 0.4) is 0 Å². The largest absolute Gasteiger partial charge is 0.550 e. The molecule has 13 heteroatoms. The van der Waals surface area contributed by atoms with Gasteiger partial charge in [-0.1, -0.05) is 17.7 Å². The average Bonchev–Trinajstić information content (AvgIpc) is 3.77. The Kier molecular flexibility index (Phi) is 9.32. The molecule has 3 aromatic carbocycles. The number of carbonyl (C=O) groups is 3. The van der Waals surface area contributed by atoms with Crippen LogP contribution in [-0.2, 0) is 14.4 Å². The number of benzene rings is 3. The van der Waals surface area contributed by atoms with Crippen LogP contribution in [0.5, 0.6) is 23.0 Å². The number of carboxylic acid groups (broad SMARTS) is 1. The van der Waals surface area contributed by atoms with Crippen LogP contribution < -0.4 is 36.1 Å². The maximum Gasteiger partial charge on any atom is 0.240 e. The number of quaternary nitrogens is 1. The van der Waals surface area contributed by atoms with E-state index in [9.17, 15) is 19.5 Å². The molecule has 1 heterocycles. The summed E-state index contributed by atoms with van der Waals surface area (Å²) in [4.78, 5) is 40.8. The number of halogens is 2. The molecule has 11 nitrogen and oxygen atoms in total. The summed E-state index contributed by atoms with van der Waals surface area (Å²) in [7, 11) is 1.42. The molecule has 0 atom stereocenters. The van der Waals surface area contributed by atoms with Crippen molar-refractivity contribution in [3.8, 4) is 23.0 Å². The molecule has 0 aliphatic heterocycles. The molecule has 5 rings (SSSR count). The van der Waals surface area contributed by atoms with Gasteiger partial charge in [0, 0.05) is 52.5 Å². The van der Waals surface area contributed by atoms with Gasteiger partial charge < -0.3 is 40.9 Å². The second-order valence-corrected chi connectivity index (χ2v) is 9.98. The van der Waals surface area contributed by atoms with Gasteiger partial charge in [-0.05, 0) is 55.3 Å². The van der Waals surface area contributed by atoms with Gasteiger partial charge in [0.15, 0.2) is 23.1 Å². The third-order valence-electron chi connectivity index (χ3n) is 6.66. The van der Waals surface area contributed by atoms with E-state index >= 15 is 4.39 Å². The summed E-state index contributed by atoms with van der Waals surface area (Å²) in [6.07, 6.45) is 1.88. The number of aliphatic carboxylic acids is 1. The van der Waals surface area contributed by atoms with Gasteiger partial charge in [0.05, 0.1) is 19.2 Å². The Morgan fingerprint density at radius 2 is 1.67 bits per heavy atom. The van der Waals surface area contributed by atoms with Gasteiger partial charge in [-0.3, -0.25) is 14.6 Å². The maximum atomic E-state index is 15.1. The lowest BCUT2D eigenvalue weighted by Gasteiger charge is -2.16. The summed E-state index contributed by atoms with van der Waals surface area (Å²) < 4.78 is 31.8. The van der Waals surface area contributed by atoms with Crippen LogP contribution in [0.2, 0.25) is 5.02 Å². The van der Waals surface area contributed by atoms with E-state index in [0.717, 1.165) is 6.07 Å². The predicted molar refractivity (Wildman–Crippen MR) is 156 cm³/mol. The number of carboxylic acids is 1. The Morgan fingerprint density at radius 3 is 2.30 bits per heavy atom. The predicted octanol–water partition coefficient (Wildman–Crippen LogP) is 5.08. The molecular weight excluding hydrogens is 583 g/mol. The van der Waals surface area contributed by atoms with Gasteiger partial charge in [-0.15, -0.1) is 0 Å². The van der Waals surface area contributed by atoms with E-state index in [1.54, 1.807) is 42.5 Å². The van der Waals surface area contributed by atoms with Gasteiger partial charge in [-0.2, -0.15) is 0 Å². The third kappa shape index (κ3) is 6.93. The fourth-order valence-corrected chi connectivity index (χ4v) is 4.45. The molecule has 4 aromatic rings. The molecule has 6 N–H and O–H groups in total. The lowest BCUT2D eigenvalue weighted by Crippen LogP contribution is -2.35. The Bertz CT molecular complexity index is 1700. The molecule has 1 saturated carbocycles. The van der Waals surface area contributed by atoms with Crippen molar-refractivity contribution in [2.45, 2.75) is 19.3 Å². The van der Waals surface area contributed by atoms with Crippen molar-refractivity contribution >= 4 is 51.7 Å². The van der Waals surface area contributed by atoms with Crippen molar-refractivity contribution in [2.75, 3.05) is 24.4 Å². The molecule has 1 fully saturated rings. The van der Waals surface area contributed by atoms with Crippen molar-refractivity contribution in [3.05, 3.63) is 77.7 Å². The zero-order chi connectivity index (χ0) is 29.9. The number of fused-ring (bicyclic) bond motifs is 1. The second-order valence-electron chi connectivity index (χ2n) is 9.55. The highest BCUT2D eigenvalue weighted by molar-refractivity contribution is 6.31.